The molecule has 0 rings (SSSR count). The molecule has 0 atom stereocenters. The fraction of sp³-hybridized carbons (Fsp3) is 1.00. The lowest BCUT2D eigenvalue weighted by Gasteiger charge is -2.29. The van der Waals surface area contributed by atoms with E-state index in [1.807, 2.05) is 0 Å². The maximum Gasteiger partial charge on any atom is -0.0354 e. The molecule has 0 heteroatoms. The van der Waals surface area contributed by atoms with Crippen LogP contribution in [0, 0.1) is 10.8 Å². The standard InChI is InChI=1S/C19H40/c1-7-9-11-14-18(3,4)16-13-17-19(5,6)15-12-10-8-2/h7-17H2,1-6H3. The Balaban J connectivity index is 3.79. The summed E-state index contributed by atoms with van der Waals surface area (Å²) in [6, 6.07) is 0. The lowest BCUT2D eigenvalue weighted by atomic mass is 9.77. The van der Waals surface area contributed by atoms with Crippen molar-refractivity contribution in [2.24, 2.45) is 10.8 Å². The molecule has 19 heavy (non-hydrogen) atoms. The lowest BCUT2D eigenvalue weighted by Crippen LogP contribution is -2.15. The van der Waals surface area contributed by atoms with Gasteiger partial charge in [0.2, 0.25) is 0 Å². The van der Waals surface area contributed by atoms with Crippen molar-refractivity contribution in [3.05, 3.63) is 0 Å². The zero-order valence-electron chi connectivity index (χ0n) is 14.8. The van der Waals surface area contributed by atoms with E-state index in [1.165, 1.54) is 70.6 Å². The minimum Gasteiger partial charge on any atom is -0.0654 e. The van der Waals surface area contributed by atoms with Crippen LogP contribution in [-0.2, 0) is 0 Å². The predicted molar refractivity (Wildman–Crippen MR) is 89.7 cm³/mol. The third-order valence-corrected chi connectivity index (χ3v) is 4.62. The van der Waals surface area contributed by atoms with Gasteiger partial charge in [-0.25, -0.2) is 0 Å². The Morgan fingerprint density at radius 3 is 1.11 bits per heavy atom. The molecular formula is C19H40. The van der Waals surface area contributed by atoms with Gasteiger partial charge in [0.1, 0.15) is 0 Å². The van der Waals surface area contributed by atoms with Gasteiger partial charge >= 0.3 is 0 Å². The molecule has 0 aliphatic carbocycles. The fourth-order valence-electron chi connectivity index (χ4n) is 3.00. The third-order valence-electron chi connectivity index (χ3n) is 4.62. The summed E-state index contributed by atoms with van der Waals surface area (Å²) in [4.78, 5) is 0. The SMILES string of the molecule is CCCCCC(C)(C)CCCC(C)(C)CCCCC. The molecule has 0 saturated heterocycles. The van der Waals surface area contributed by atoms with Gasteiger partial charge in [0.05, 0.1) is 0 Å². The highest BCUT2D eigenvalue weighted by atomic mass is 14.3. The molecule has 0 nitrogen and oxygen atoms in total. The second kappa shape index (κ2) is 9.83. The molecule has 0 aromatic carbocycles. The second-order valence-corrected chi connectivity index (χ2v) is 8.10. The maximum atomic E-state index is 2.47. The van der Waals surface area contributed by atoms with Gasteiger partial charge in [-0.05, 0) is 36.5 Å². The Kier molecular flexibility index (Phi) is 9.83. The van der Waals surface area contributed by atoms with Crippen molar-refractivity contribution >= 4 is 0 Å². The molecule has 0 aromatic rings. The van der Waals surface area contributed by atoms with Crippen molar-refractivity contribution in [3.63, 3.8) is 0 Å². The first-order chi connectivity index (χ1) is 8.83. The van der Waals surface area contributed by atoms with Gasteiger partial charge in [-0.15, -0.1) is 0 Å². The molecule has 0 spiro atoms. The summed E-state index contributed by atoms with van der Waals surface area (Å²) in [6.07, 6.45) is 15.4. The summed E-state index contributed by atoms with van der Waals surface area (Å²) in [7, 11) is 0. The molecule has 0 heterocycles. The number of unbranched alkanes of at least 4 members (excludes halogenated alkanes) is 4. The maximum absolute atomic E-state index is 2.47. The molecule has 0 saturated carbocycles. The molecule has 0 N–H and O–H groups in total. The molecular weight excluding hydrogens is 228 g/mol. The molecule has 0 aliphatic rings. The van der Waals surface area contributed by atoms with Crippen LogP contribution in [0.4, 0.5) is 0 Å². The Morgan fingerprint density at radius 1 is 0.474 bits per heavy atom. The van der Waals surface area contributed by atoms with Gasteiger partial charge < -0.3 is 0 Å². The largest absolute Gasteiger partial charge is 0.0654 e. The average Bonchev–Trinajstić information content (AvgIpc) is 2.28. The van der Waals surface area contributed by atoms with E-state index in [0.29, 0.717) is 10.8 Å². The lowest BCUT2D eigenvalue weighted by molar-refractivity contribution is 0.236. The van der Waals surface area contributed by atoms with E-state index < -0.39 is 0 Å². The van der Waals surface area contributed by atoms with Gasteiger partial charge in [0.25, 0.3) is 0 Å². The molecule has 0 aromatic heterocycles. The molecule has 0 unspecified atom stereocenters. The van der Waals surface area contributed by atoms with Gasteiger partial charge in [-0.2, -0.15) is 0 Å². The molecule has 116 valence electrons. The number of hydrogen-bond donors (Lipinski definition) is 0. The van der Waals surface area contributed by atoms with E-state index in [1.54, 1.807) is 0 Å². The van der Waals surface area contributed by atoms with E-state index in [-0.39, 0.29) is 0 Å². The smallest absolute Gasteiger partial charge is 0.0354 e. The average molecular weight is 269 g/mol. The van der Waals surface area contributed by atoms with E-state index in [2.05, 4.69) is 41.5 Å². The first-order valence-corrected chi connectivity index (χ1v) is 8.83. The van der Waals surface area contributed by atoms with Crippen molar-refractivity contribution in [3.8, 4) is 0 Å². The Morgan fingerprint density at radius 2 is 0.789 bits per heavy atom. The topological polar surface area (TPSA) is 0 Å². The van der Waals surface area contributed by atoms with Crippen molar-refractivity contribution < 1.29 is 0 Å². The Labute approximate surface area is 123 Å². The van der Waals surface area contributed by atoms with Gasteiger partial charge in [0.15, 0.2) is 0 Å². The molecule has 0 bridgehead atoms. The van der Waals surface area contributed by atoms with Crippen LogP contribution < -0.4 is 0 Å². The predicted octanol–water partition coefficient (Wildman–Crippen LogP) is 7.37. The minimum atomic E-state index is 0.564. The summed E-state index contributed by atoms with van der Waals surface area (Å²) in [5, 5.41) is 0. The van der Waals surface area contributed by atoms with Crippen LogP contribution in [0.5, 0.6) is 0 Å². The molecule has 0 aliphatic heterocycles. The number of rotatable bonds is 12. The van der Waals surface area contributed by atoms with Crippen LogP contribution in [0.15, 0.2) is 0 Å². The summed E-state index contributed by atoms with van der Waals surface area (Å²) < 4.78 is 0. The first kappa shape index (κ1) is 19.0. The van der Waals surface area contributed by atoms with E-state index in [0.717, 1.165) is 0 Å². The molecule has 0 radical (unpaired) electrons. The molecule has 0 amide bonds. The first-order valence-electron chi connectivity index (χ1n) is 8.83. The van der Waals surface area contributed by atoms with Gasteiger partial charge in [-0.3, -0.25) is 0 Å². The highest BCUT2D eigenvalue weighted by Gasteiger charge is 2.21. The summed E-state index contributed by atoms with van der Waals surface area (Å²) >= 11 is 0. The number of hydrogen-bond acceptors (Lipinski definition) is 0. The van der Waals surface area contributed by atoms with Crippen molar-refractivity contribution in [2.45, 2.75) is 112 Å². The highest BCUT2D eigenvalue weighted by molar-refractivity contribution is 4.73. The molecule has 0 fully saturated rings. The zero-order valence-corrected chi connectivity index (χ0v) is 14.8. The Hall–Kier alpha value is 0. The van der Waals surface area contributed by atoms with E-state index >= 15 is 0 Å². The van der Waals surface area contributed by atoms with Gasteiger partial charge in [-0.1, -0.05) is 86.5 Å². The zero-order chi connectivity index (χ0) is 14.8. The normalized spacial score (nSPS) is 12.9. The van der Waals surface area contributed by atoms with Crippen LogP contribution in [0.1, 0.15) is 112 Å². The van der Waals surface area contributed by atoms with Crippen LogP contribution in [0.2, 0.25) is 0 Å². The quantitative estimate of drug-likeness (QED) is 0.324. The van der Waals surface area contributed by atoms with E-state index in [4.69, 9.17) is 0 Å². The van der Waals surface area contributed by atoms with Crippen LogP contribution in [0.25, 0.3) is 0 Å². The van der Waals surface area contributed by atoms with Crippen molar-refractivity contribution in [1.82, 2.24) is 0 Å². The van der Waals surface area contributed by atoms with Crippen molar-refractivity contribution in [1.29, 1.82) is 0 Å². The van der Waals surface area contributed by atoms with E-state index in [9.17, 15) is 0 Å². The second-order valence-electron chi connectivity index (χ2n) is 8.10. The van der Waals surface area contributed by atoms with Crippen LogP contribution in [0.3, 0.4) is 0 Å². The van der Waals surface area contributed by atoms with Crippen molar-refractivity contribution in [2.75, 3.05) is 0 Å². The van der Waals surface area contributed by atoms with Crippen LogP contribution in [-0.4, -0.2) is 0 Å². The third kappa shape index (κ3) is 11.5. The minimum absolute atomic E-state index is 0.564. The Bertz CT molecular complexity index is 178. The van der Waals surface area contributed by atoms with Crippen LogP contribution >= 0.6 is 0 Å². The van der Waals surface area contributed by atoms with Gasteiger partial charge in [0, 0.05) is 0 Å². The highest BCUT2D eigenvalue weighted by Crippen LogP contribution is 2.35. The summed E-state index contributed by atoms with van der Waals surface area (Å²) in [6.45, 7) is 14.5. The summed E-state index contributed by atoms with van der Waals surface area (Å²) in [5.41, 5.74) is 1.13. The summed E-state index contributed by atoms with van der Waals surface area (Å²) in [5.74, 6) is 0. The fourth-order valence-corrected chi connectivity index (χ4v) is 3.00. The monoisotopic (exact) mass is 268 g/mol.